The van der Waals surface area contributed by atoms with Crippen LogP contribution in [0.2, 0.25) is 0 Å². The Hall–Kier alpha value is -1.77. The molecule has 2 atom stereocenters. The molecule has 0 spiro atoms. The van der Waals surface area contributed by atoms with E-state index in [1.54, 1.807) is 0 Å². The number of likely N-dealkylation sites (N-methyl/N-ethyl adjacent to an activating group) is 1. The molecule has 0 aliphatic carbocycles. The second-order valence-corrected chi connectivity index (χ2v) is 20.3. The highest BCUT2D eigenvalue weighted by Gasteiger charge is 2.21. The first-order valence-corrected chi connectivity index (χ1v) is 27.7. The van der Waals surface area contributed by atoms with Crippen molar-refractivity contribution < 1.29 is 42.1 Å². The Bertz CT molecular complexity index is 1170. The molecule has 0 aromatic carbocycles. The summed E-state index contributed by atoms with van der Waals surface area (Å²) in [6, 6.07) is 0. The fraction of sp³-hybridized carbons (Fsp3) is 0.849. The summed E-state index contributed by atoms with van der Waals surface area (Å²) in [7, 11) is 1.16. The summed E-state index contributed by atoms with van der Waals surface area (Å²) in [5.41, 5.74) is 0. The highest BCUT2D eigenvalue weighted by atomic mass is 31.2. The van der Waals surface area contributed by atoms with Crippen molar-refractivity contribution in [2.45, 2.75) is 245 Å². The number of ether oxygens (including phenoxy) is 2. The monoisotopic (exact) mass is 910 g/mol. The molecule has 63 heavy (non-hydrogen) atoms. The van der Waals surface area contributed by atoms with Crippen LogP contribution >= 0.6 is 7.82 Å². The van der Waals surface area contributed by atoms with Gasteiger partial charge in [0.15, 0.2) is 6.10 Å². The van der Waals surface area contributed by atoms with Crippen molar-refractivity contribution in [1.82, 2.24) is 0 Å². The number of esters is 2. The number of hydrogen-bond acceptors (Lipinski definition) is 8. The van der Waals surface area contributed by atoms with E-state index in [4.69, 9.17) is 18.5 Å². The van der Waals surface area contributed by atoms with Crippen LogP contribution in [0.3, 0.4) is 0 Å². The Labute approximate surface area is 389 Å². The van der Waals surface area contributed by atoms with Gasteiger partial charge < -0.3 is 27.9 Å². The molecular formula is C53H100NO8P. The zero-order valence-electron chi connectivity index (χ0n) is 41.8. The van der Waals surface area contributed by atoms with Gasteiger partial charge in [0, 0.05) is 12.8 Å². The van der Waals surface area contributed by atoms with E-state index in [1.165, 1.54) is 141 Å². The lowest BCUT2D eigenvalue weighted by Gasteiger charge is -2.28. The molecule has 0 aromatic heterocycles. The third kappa shape index (κ3) is 49.5. The number of nitrogens with zero attached hydrogens (tertiary/aromatic N) is 1. The molecule has 0 aliphatic rings. The molecular weight excluding hydrogens is 810 g/mol. The van der Waals surface area contributed by atoms with Crippen LogP contribution in [0.5, 0.6) is 0 Å². The molecule has 0 amide bonds. The summed E-state index contributed by atoms with van der Waals surface area (Å²) in [4.78, 5) is 37.7. The third-order valence-corrected chi connectivity index (χ3v) is 12.3. The van der Waals surface area contributed by atoms with E-state index in [0.717, 1.165) is 64.2 Å². The summed E-state index contributed by atoms with van der Waals surface area (Å²) in [5, 5.41) is 0. The van der Waals surface area contributed by atoms with Crippen LogP contribution in [-0.2, 0) is 32.7 Å². The molecule has 0 bridgehead atoms. The number of hydrogen-bond donors (Lipinski definition) is 0. The van der Waals surface area contributed by atoms with Gasteiger partial charge in [-0.1, -0.05) is 198 Å². The van der Waals surface area contributed by atoms with Crippen molar-refractivity contribution in [2.75, 3.05) is 47.5 Å². The van der Waals surface area contributed by atoms with Gasteiger partial charge >= 0.3 is 11.9 Å². The molecule has 0 heterocycles. The number of carbonyl (C=O) groups excluding carboxylic acids is 2. The van der Waals surface area contributed by atoms with Crippen molar-refractivity contribution >= 4 is 19.8 Å². The average Bonchev–Trinajstić information content (AvgIpc) is 3.24. The number of phosphoric ester groups is 1. The molecule has 2 unspecified atom stereocenters. The number of allylic oxidation sites excluding steroid dienone is 6. The first-order valence-electron chi connectivity index (χ1n) is 26.2. The van der Waals surface area contributed by atoms with Crippen LogP contribution in [-0.4, -0.2) is 70.0 Å². The maximum atomic E-state index is 12.7. The van der Waals surface area contributed by atoms with Gasteiger partial charge in [-0.15, -0.1) is 0 Å². The number of carbonyl (C=O) groups is 2. The summed E-state index contributed by atoms with van der Waals surface area (Å²) in [6.07, 6.45) is 53.3. The Morgan fingerprint density at radius 2 is 0.873 bits per heavy atom. The van der Waals surface area contributed by atoms with E-state index in [9.17, 15) is 19.0 Å². The Balaban J connectivity index is 4.15. The van der Waals surface area contributed by atoms with E-state index in [1.807, 2.05) is 21.1 Å². The topological polar surface area (TPSA) is 111 Å². The molecule has 0 radical (unpaired) electrons. The highest BCUT2D eigenvalue weighted by Crippen LogP contribution is 2.38. The minimum atomic E-state index is -4.63. The minimum Gasteiger partial charge on any atom is -0.756 e. The first-order chi connectivity index (χ1) is 30.5. The van der Waals surface area contributed by atoms with Crippen LogP contribution in [0.1, 0.15) is 239 Å². The van der Waals surface area contributed by atoms with E-state index in [2.05, 4.69) is 50.3 Å². The van der Waals surface area contributed by atoms with E-state index in [-0.39, 0.29) is 32.0 Å². The molecule has 0 saturated carbocycles. The van der Waals surface area contributed by atoms with Gasteiger partial charge in [0.05, 0.1) is 27.7 Å². The van der Waals surface area contributed by atoms with Crippen LogP contribution in [0.25, 0.3) is 0 Å². The largest absolute Gasteiger partial charge is 0.756 e. The zero-order chi connectivity index (χ0) is 46.4. The second kappa shape index (κ2) is 45.4. The number of quaternary nitrogens is 1. The van der Waals surface area contributed by atoms with Crippen LogP contribution in [0.4, 0.5) is 0 Å². The van der Waals surface area contributed by atoms with Crippen molar-refractivity contribution in [2.24, 2.45) is 0 Å². The lowest BCUT2D eigenvalue weighted by molar-refractivity contribution is -0.870. The molecule has 370 valence electrons. The Morgan fingerprint density at radius 3 is 1.32 bits per heavy atom. The van der Waals surface area contributed by atoms with Crippen molar-refractivity contribution in [1.29, 1.82) is 0 Å². The van der Waals surface area contributed by atoms with E-state index in [0.29, 0.717) is 17.4 Å². The zero-order valence-corrected chi connectivity index (χ0v) is 42.7. The fourth-order valence-corrected chi connectivity index (χ4v) is 7.98. The predicted octanol–water partition coefficient (Wildman–Crippen LogP) is 15.0. The predicted molar refractivity (Wildman–Crippen MR) is 264 cm³/mol. The number of unbranched alkanes of at least 4 members (excludes halogenated alkanes) is 28. The third-order valence-electron chi connectivity index (χ3n) is 11.4. The van der Waals surface area contributed by atoms with Gasteiger partial charge in [0.2, 0.25) is 0 Å². The van der Waals surface area contributed by atoms with Crippen molar-refractivity contribution in [3.8, 4) is 0 Å². The average molecular weight is 910 g/mol. The van der Waals surface area contributed by atoms with Crippen molar-refractivity contribution in [3.63, 3.8) is 0 Å². The highest BCUT2D eigenvalue weighted by molar-refractivity contribution is 7.45. The van der Waals surface area contributed by atoms with Crippen LogP contribution in [0.15, 0.2) is 36.5 Å². The molecule has 0 aromatic rings. The standard InChI is InChI=1S/C53H100NO8P/c1-6-8-10-12-14-16-18-20-22-23-24-25-26-27-28-29-30-31-32-34-35-37-39-41-43-45-52(55)59-49-51(50-61-63(57,58)60-48-47-54(3,4)5)62-53(56)46-44-42-40-38-36-33-21-19-17-15-13-11-9-7-2/h13,15,19,21,23-24,51H,6-12,14,16-18,20,22,25-50H2,1-5H3/b15-13-,21-19-,24-23-. The van der Waals surface area contributed by atoms with E-state index >= 15 is 0 Å². The second-order valence-electron chi connectivity index (χ2n) is 18.9. The normalized spacial score (nSPS) is 13.7. The van der Waals surface area contributed by atoms with Gasteiger partial charge in [-0.2, -0.15) is 0 Å². The number of rotatable bonds is 48. The van der Waals surface area contributed by atoms with Gasteiger partial charge in [0.25, 0.3) is 7.82 Å². The maximum absolute atomic E-state index is 12.7. The maximum Gasteiger partial charge on any atom is 0.306 e. The SMILES string of the molecule is CCCC/C=C\C/C=C\CCCCCCCC(=O)OC(COC(=O)CCCCCCCCCCCCCCC/C=C\CCCCCCCCCC)COP(=O)([O-])OCC[N+](C)(C)C. The lowest BCUT2D eigenvalue weighted by Crippen LogP contribution is -2.37. The Morgan fingerprint density at radius 1 is 0.492 bits per heavy atom. The van der Waals surface area contributed by atoms with Gasteiger partial charge in [-0.05, 0) is 64.2 Å². The smallest absolute Gasteiger partial charge is 0.306 e. The Kier molecular flexibility index (Phi) is 44.1. The minimum absolute atomic E-state index is 0.0332. The summed E-state index contributed by atoms with van der Waals surface area (Å²) in [5.74, 6) is -0.844. The van der Waals surface area contributed by atoms with Crippen LogP contribution in [0, 0.1) is 0 Å². The van der Waals surface area contributed by atoms with Crippen LogP contribution < -0.4 is 4.89 Å². The molecule has 9 nitrogen and oxygen atoms in total. The first kappa shape index (κ1) is 61.2. The van der Waals surface area contributed by atoms with Gasteiger partial charge in [-0.3, -0.25) is 14.2 Å². The molecule has 0 aliphatic heterocycles. The summed E-state index contributed by atoms with van der Waals surface area (Å²) in [6.45, 7) is 4.20. The quantitative estimate of drug-likeness (QED) is 0.0195. The van der Waals surface area contributed by atoms with E-state index < -0.39 is 26.5 Å². The van der Waals surface area contributed by atoms with Gasteiger partial charge in [0.1, 0.15) is 19.8 Å². The molecule has 10 heteroatoms. The number of phosphoric acid groups is 1. The summed E-state index contributed by atoms with van der Waals surface area (Å²) < 4.78 is 34.0. The summed E-state index contributed by atoms with van der Waals surface area (Å²) >= 11 is 0. The molecule has 0 saturated heterocycles. The van der Waals surface area contributed by atoms with Gasteiger partial charge in [-0.25, -0.2) is 0 Å². The molecule has 0 N–H and O–H groups in total. The van der Waals surface area contributed by atoms with Crippen molar-refractivity contribution in [3.05, 3.63) is 36.5 Å². The molecule has 0 rings (SSSR count). The molecule has 0 fully saturated rings. The lowest BCUT2D eigenvalue weighted by atomic mass is 10.0. The fourth-order valence-electron chi connectivity index (χ4n) is 7.26.